The van der Waals surface area contributed by atoms with Crippen LogP contribution in [0.3, 0.4) is 0 Å². The van der Waals surface area contributed by atoms with Crippen molar-refractivity contribution in [3.05, 3.63) is 23.7 Å². The first-order valence-electron chi connectivity index (χ1n) is 5.99. The van der Waals surface area contributed by atoms with Crippen LogP contribution in [0, 0.1) is 5.92 Å². The number of hydrogen-bond acceptors (Lipinski definition) is 4. The molecule has 0 aliphatic carbocycles. The van der Waals surface area contributed by atoms with E-state index < -0.39 is 11.9 Å². The summed E-state index contributed by atoms with van der Waals surface area (Å²) in [7, 11) is 0. The predicted octanol–water partition coefficient (Wildman–Crippen LogP) is 2.98. The number of carboxylic acids is 1. The minimum atomic E-state index is -0.787. The van der Waals surface area contributed by atoms with Crippen LogP contribution >= 0.6 is 11.3 Å². The van der Waals surface area contributed by atoms with Gasteiger partial charge in [0.25, 0.3) is 0 Å². The van der Waals surface area contributed by atoms with Gasteiger partial charge in [-0.1, -0.05) is 26.8 Å². The Labute approximate surface area is 112 Å². The van der Waals surface area contributed by atoms with Crippen LogP contribution in [0.4, 0.5) is 5.13 Å². The number of thiazole rings is 1. The molecule has 1 N–H and O–H groups in total. The zero-order chi connectivity index (χ0) is 13.7. The van der Waals surface area contributed by atoms with Crippen LogP contribution in [-0.4, -0.2) is 29.1 Å². The molecule has 0 saturated heterocycles. The lowest BCUT2D eigenvalue weighted by Gasteiger charge is -2.22. The molecule has 0 spiro atoms. The van der Waals surface area contributed by atoms with Crippen molar-refractivity contribution in [2.24, 2.45) is 5.92 Å². The number of aromatic nitrogens is 1. The normalized spacial score (nSPS) is 12.4. The van der Waals surface area contributed by atoms with Crippen molar-refractivity contribution in [2.45, 2.75) is 26.7 Å². The molecule has 0 saturated carbocycles. The fourth-order valence-electron chi connectivity index (χ4n) is 1.48. The number of carboxylic acid groups (broad SMARTS) is 1. The Balaban J connectivity index is 2.82. The summed E-state index contributed by atoms with van der Waals surface area (Å²) in [6.45, 7) is 10.7. The van der Waals surface area contributed by atoms with Gasteiger partial charge in [-0.2, -0.15) is 0 Å². The first kappa shape index (κ1) is 14.7. The lowest BCUT2D eigenvalue weighted by Crippen LogP contribution is -2.32. The average Bonchev–Trinajstić information content (AvgIpc) is 2.77. The van der Waals surface area contributed by atoms with Gasteiger partial charge in [-0.15, -0.1) is 17.9 Å². The lowest BCUT2D eigenvalue weighted by molar-refractivity contribution is -0.140. The van der Waals surface area contributed by atoms with Gasteiger partial charge in [0, 0.05) is 18.5 Å². The number of hydrogen-bond donors (Lipinski definition) is 1. The number of nitrogens with zero attached hydrogens (tertiary/aromatic N) is 2. The van der Waals surface area contributed by atoms with E-state index in [-0.39, 0.29) is 0 Å². The summed E-state index contributed by atoms with van der Waals surface area (Å²) in [6.07, 6.45) is 1.77. The summed E-state index contributed by atoms with van der Waals surface area (Å²) in [5.74, 6) is -0.821. The highest BCUT2D eigenvalue weighted by molar-refractivity contribution is 7.13. The molecule has 100 valence electrons. The standard InChI is InChI=1S/C13H20N2O2S/c1-5-6-15(7-10(4)12(16)17)13-14-11(8-18-13)9(2)3/h5,8-10H,1,6-7H2,2-4H3,(H,16,17). The molecule has 1 atom stereocenters. The molecule has 4 nitrogen and oxygen atoms in total. The Hall–Kier alpha value is -1.36. The van der Waals surface area contributed by atoms with Crippen LogP contribution in [0.5, 0.6) is 0 Å². The Morgan fingerprint density at radius 3 is 2.72 bits per heavy atom. The maximum absolute atomic E-state index is 10.9. The largest absolute Gasteiger partial charge is 0.481 e. The molecule has 18 heavy (non-hydrogen) atoms. The van der Waals surface area contributed by atoms with E-state index in [0.717, 1.165) is 10.8 Å². The van der Waals surface area contributed by atoms with Crippen molar-refractivity contribution in [1.82, 2.24) is 4.98 Å². The quantitative estimate of drug-likeness (QED) is 0.772. The second-order valence-corrected chi connectivity index (χ2v) is 5.48. The van der Waals surface area contributed by atoms with E-state index in [4.69, 9.17) is 5.11 Å². The maximum Gasteiger partial charge on any atom is 0.308 e. The van der Waals surface area contributed by atoms with Gasteiger partial charge in [0.2, 0.25) is 0 Å². The van der Waals surface area contributed by atoms with E-state index in [1.807, 2.05) is 10.3 Å². The van der Waals surface area contributed by atoms with Gasteiger partial charge < -0.3 is 10.0 Å². The van der Waals surface area contributed by atoms with Gasteiger partial charge >= 0.3 is 5.97 Å². The van der Waals surface area contributed by atoms with Crippen molar-refractivity contribution < 1.29 is 9.90 Å². The Morgan fingerprint density at radius 2 is 2.28 bits per heavy atom. The second-order valence-electron chi connectivity index (χ2n) is 4.64. The van der Waals surface area contributed by atoms with Crippen LogP contribution in [0.2, 0.25) is 0 Å². The van der Waals surface area contributed by atoms with Crippen molar-refractivity contribution in [1.29, 1.82) is 0 Å². The van der Waals surface area contributed by atoms with Crippen LogP contribution in [0.1, 0.15) is 32.4 Å². The molecule has 5 heteroatoms. The molecule has 1 rings (SSSR count). The fourth-order valence-corrected chi connectivity index (χ4v) is 2.49. The van der Waals surface area contributed by atoms with Crippen molar-refractivity contribution >= 4 is 22.4 Å². The van der Waals surface area contributed by atoms with Crippen molar-refractivity contribution in [3.63, 3.8) is 0 Å². The number of carbonyl (C=O) groups is 1. The van der Waals surface area contributed by atoms with Crippen LogP contribution in [0.25, 0.3) is 0 Å². The van der Waals surface area contributed by atoms with Gasteiger partial charge in [-0.3, -0.25) is 4.79 Å². The van der Waals surface area contributed by atoms with Crippen LogP contribution in [0.15, 0.2) is 18.0 Å². The maximum atomic E-state index is 10.9. The molecule has 1 unspecified atom stereocenters. The number of anilines is 1. The third-order valence-electron chi connectivity index (χ3n) is 2.64. The minimum absolute atomic E-state index is 0.387. The van der Waals surface area contributed by atoms with E-state index in [2.05, 4.69) is 25.4 Å². The molecule has 0 aromatic carbocycles. The summed E-state index contributed by atoms with van der Waals surface area (Å²) in [6, 6.07) is 0. The molecule has 0 radical (unpaired) electrons. The number of aliphatic carboxylic acids is 1. The Morgan fingerprint density at radius 1 is 1.61 bits per heavy atom. The monoisotopic (exact) mass is 268 g/mol. The van der Waals surface area contributed by atoms with E-state index in [1.54, 1.807) is 24.3 Å². The summed E-state index contributed by atoms with van der Waals surface area (Å²) >= 11 is 1.55. The smallest absolute Gasteiger partial charge is 0.308 e. The lowest BCUT2D eigenvalue weighted by atomic mass is 10.1. The zero-order valence-corrected chi connectivity index (χ0v) is 11.9. The Bertz CT molecular complexity index is 415. The van der Waals surface area contributed by atoms with Gasteiger partial charge in [0.15, 0.2) is 5.13 Å². The molecular weight excluding hydrogens is 248 g/mol. The van der Waals surface area contributed by atoms with E-state index in [1.165, 1.54) is 0 Å². The molecule has 0 fully saturated rings. The van der Waals surface area contributed by atoms with E-state index in [0.29, 0.717) is 19.0 Å². The molecule has 1 aromatic rings. The first-order chi connectivity index (χ1) is 8.45. The van der Waals surface area contributed by atoms with Crippen LogP contribution < -0.4 is 4.90 Å². The molecule has 1 heterocycles. The number of rotatable bonds is 7. The fraction of sp³-hybridized carbons (Fsp3) is 0.538. The summed E-state index contributed by atoms with van der Waals surface area (Å²) in [4.78, 5) is 17.4. The molecule has 0 aliphatic rings. The van der Waals surface area contributed by atoms with E-state index in [9.17, 15) is 4.79 Å². The summed E-state index contributed by atoms with van der Waals surface area (Å²) in [5, 5.41) is 11.9. The van der Waals surface area contributed by atoms with Crippen LogP contribution in [-0.2, 0) is 4.79 Å². The Kier molecular flexibility index (Phi) is 5.34. The van der Waals surface area contributed by atoms with E-state index >= 15 is 0 Å². The topological polar surface area (TPSA) is 53.4 Å². The van der Waals surface area contributed by atoms with Crippen molar-refractivity contribution in [3.8, 4) is 0 Å². The highest BCUT2D eigenvalue weighted by Crippen LogP contribution is 2.25. The third-order valence-corrected chi connectivity index (χ3v) is 3.56. The highest BCUT2D eigenvalue weighted by Gasteiger charge is 2.18. The summed E-state index contributed by atoms with van der Waals surface area (Å²) in [5.41, 5.74) is 1.05. The second kappa shape index (κ2) is 6.54. The molecule has 0 aliphatic heterocycles. The average molecular weight is 268 g/mol. The molecule has 1 aromatic heterocycles. The highest BCUT2D eigenvalue weighted by atomic mass is 32.1. The third kappa shape index (κ3) is 3.84. The van der Waals surface area contributed by atoms with Gasteiger partial charge in [0.05, 0.1) is 11.6 Å². The minimum Gasteiger partial charge on any atom is -0.481 e. The van der Waals surface area contributed by atoms with Crippen molar-refractivity contribution in [2.75, 3.05) is 18.0 Å². The summed E-state index contributed by atoms with van der Waals surface area (Å²) < 4.78 is 0. The molecule has 0 amide bonds. The SMILES string of the molecule is C=CCN(CC(C)C(=O)O)c1nc(C(C)C)cs1. The zero-order valence-electron chi connectivity index (χ0n) is 11.1. The van der Waals surface area contributed by atoms with Gasteiger partial charge in [-0.05, 0) is 5.92 Å². The predicted molar refractivity (Wildman–Crippen MR) is 75.4 cm³/mol. The van der Waals surface area contributed by atoms with Gasteiger partial charge in [-0.25, -0.2) is 4.98 Å². The molecular formula is C13H20N2O2S. The van der Waals surface area contributed by atoms with Gasteiger partial charge in [0.1, 0.15) is 0 Å². The first-order valence-corrected chi connectivity index (χ1v) is 6.87. The molecule has 0 bridgehead atoms.